The lowest BCUT2D eigenvalue weighted by molar-refractivity contribution is 0.449. The number of nitrogens with zero attached hydrogens (tertiary/aromatic N) is 3. The zero-order valence-corrected chi connectivity index (χ0v) is 15.1. The number of nitrogens with one attached hydrogen (secondary N) is 1. The van der Waals surface area contributed by atoms with Crippen LogP contribution in [0.2, 0.25) is 0 Å². The van der Waals surface area contributed by atoms with E-state index in [4.69, 9.17) is 22.7 Å². The highest BCUT2D eigenvalue weighted by Gasteiger charge is 2.08. The number of hydrogen-bond acceptors (Lipinski definition) is 7. The van der Waals surface area contributed by atoms with Gasteiger partial charge in [-0.25, -0.2) is 4.98 Å². The van der Waals surface area contributed by atoms with E-state index >= 15 is 0 Å². The minimum atomic E-state index is 0.369. The highest BCUT2D eigenvalue weighted by molar-refractivity contribution is 9.10. The van der Waals surface area contributed by atoms with E-state index in [1.165, 1.54) is 11.3 Å². The highest BCUT2D eigenvalue weighted by Crippen LogP contribution is 2.23. The maximum Gasteiger partial charge on any atom is 0.264 e. The molecule has 22 heavy (non-hydrogen) atoms. The summed E-state index contributed by atoms with van der Waals surface area (Å²) < 4.78 is 6.56. The Hall–Kier alpha value is -1.71. The van der Waals surface area contributed by atoms with E-state index in [0.717, 1.165) is 10.0 Å². The van der Waals surface area contributed by atoms with Crippen LogP contribution in [-0.2, 0) is 0 Å². The summed E-state index contributed by atoms with van der Waals surface area (Å²) >= 11 is 9.95. The van der Waals surface area contributed by atoms with Gasteiger partial charge >= 0.3 is 0 Å². The van der Waals surface area contributed by atoms with Crippen molar-refractivity contribution in [2.45, 2.75) is 0 Å². The average molecular weight is 400 g/mol. The first-order valence-corrected chi connectivity index (χ1v) is 8.22. The molecule has 0 spiro atoms. The number of benzene rings is 1. The summed E-state index contributed by atoms with van der Waals surface area (Å²) in [6, 6.07) is 5.60. The van der Waals surface area contributed by atoms with Crippen molar-refractivity contribution in [3.63, 3.8) is 0 Å². The number of rotatable bonds is 4. The van der Waals surface area contributed by atoms with Crippen molar-refractivity contribution in [2.24, 2.45) is 5.10 Å². The Morgan fingerprint density at radius 3 is 2.95 bits per heavy atom. The first-order chi connectivity index (χ1) is 10.5. The van der Waals surface area contributed by atoms with E-state index < -0.39 is 0 Å². The SMILES string of the molecule is CN(C)C(=S)Oc1cc(Br)ccc1C=NNc1nc(N)cs1. The Kier molecular flexibility index (Phi) is 5.69. The number of thiocarbonyl (C=S) groups is 1. The van der Waals surface area contributed by atoms with Crippen LogP contribution in [-0.4, -0.2) is 35.4 Å². The van der Waals surface area contributed by atoms with E-state index in [2.05, 4.69) is 31.4 Å². The molecular weight excluding hydrogens is 386 g/mol. The predicted octanol–water partition coefficient (Wildman–Crippen LogP) is 3.16. The average Bonchev–Trinajstić information content (AvgIpc) is 2.86. The number of hydrogen-bond donors (Lipinski definition) is 2. The number of hydrazone groups is 1. The fourth-order valence-electron chi connectivity index (χ4n) is 1.38. The van der Waals surface area contributed by atoms with Gasteiger partial charge in [0.05, 0.1) is 6.21 Å². The zero-order chi connectivity index (χ0) is 16.1. The van der Waals surface area contributed by atoms with Gasteiger partial charge < -0.3 is 15.4 Å². The molecule has 9 heteroatoms. The molecule has 1 aromatic carbocycles. The van der Waals surface area contributed by atoms with Gasteiger partial charge in [0.2, 0.25) is 5.13 Å². The van der Waals surface area contributed by atoms with Crippen LogP contribution in [0.4, 0.5) is 10.9 Å². The summed E-state index contributed by atoms with van der Waals surface area (Å²) in [4.78, 5) is 5.77. The second kappa shape index (κ2) is 7.52. The largest absolute Gasteiger partial charge is 0.431 e. The first-order valence-electron chi connectivity index (χ1n) is 6.14. The molecule has 2 rings (SSSR count). The van der Waals surface area contributed by atoms with E-state index in [-0.39, 0.29) is 0 Å². The van der Waals surface area contributed by atoms with Crippen molar-refractivity contribution < 1.29 is 4.74 Å². The maximum absolute atomic E-state index is 5.67. The number of nitrogen functional groups attached to an aromatic ring is 1. The predicted molar refractivity (Wildman–Crippen MR) is 98.8 cm³/mol. The Balaban J connectivity index is 2.13. The lowest BCUT2D eigenvalue weighted by atomic mass is 10.2. The Morgan fingerprint density at radius 1 is 1.55 bits per heavy atom. The summed E-state index contributed by atoms with van der Waals surface area (Å²) in [6.45, 7) is 0. The third-order valence-electron chi connectivity index (χ3n) is 2.42. The van der Waals surface area contributed by atoms with Gasteiger partial charge in [0.1, 0.15) is 11.6 Å². The van der Waals surface area contributed by atoms with Gasteiger partial charge in [-0.2, -0.15) is 5.10 Å². The van der Waals surface area contributed by atoms with Gasteiger partial charge in [-0.05, 0) is 30.4 Å². The summed E-state index contributed by atoms with van der Waals surface area (Å²) in [7, 11) is 3.64. The van der Waals surface area contributed by atoms with Crippen LogP contribution >= 0.6 is 39.5 Å². The molecular formula is C13H14BrN5OS2. The molecule has 1 aromatic heterocycles. The van der Waals surface area contributed by atoms with Crippen LogP contribution in [0.15, 0.2) is 33.2 Å². The standard InChI is InChI=1S/C13H14BrN5OS2/c1-19(2)13(21)20-10-5-9(14)4-3-8(10)6-16-18-12-17-11(15)7-22-12/h3-7H,15H2,1-2H3,(H,17,18). The minimum absolute atomic E-state index is 0.369. The molecule has 0 aliphatic carbocycles. The van der Waals surface area contributed by atoms with Crippen molar-refractivity contribution in [2.75, 3.05) is 25.3 Å². The van der Waals surface area contributed by atoms with Gasteiger partial charge in [0.25, 0.3) is 5.17 Å². The van der Waals surface area contributed by atoms with Crippen molar-refractivity contribution in [3.05, 3.63) is 33.6 Å². The zero-order valence-electron chi connectivity index (χ0n) is 11.9. The Morgan fingerprint density at radius 2 is 2.32 bits per heavy atom. The molecule has 0 saturated heterocycles. The number of aromatic nitrogens is 1. The van der Waals surface area contributed by atoms with Crippen LogP contribution in [0, 0.1) is 0 Å². The molecule has 0 atom stereocenters. The number of ether oxygens (including phenoxy) is 1. The Bertz CT molecular complexity index is 701. The van der Waals surface area contributed by atoms with Crippen molar-refractivity contribution in [1.82, 2.24) is 9.88 Å². The van der Waals surface area contributed by atoms with E-state index in [1.807, 2.05) is 32.3 Å². The Labute approximate surface area is 146 Å². The lowest BCUT2D eigenvalue weighted by Crippen LogP contribution is -2.25. The third-order valence-corrected chi connectivity index (χ3v) is 4.13. The number of anilines is 2. The summed E-state index contributed by atoms with van der Waals surface area (Å²) in [5.74, 6) is 1.07. The van der Waals surface area contributed by atoms with Crippen molar-refractivity contribution >= 4 is 61.8 Å². The van der Waals surface area contributed by atoms with Gasteiger partial charge in [-0.3, -0.25) is 5.43 Å². The molecule has 2 aromatic rings. The number of nitrogens with two attached hydrogens (primary N) is 1. The second-order valence-electron chi connectivity index (χ2n) is 4.39. The van der Waals surface area contributed by atoms with Gasteiger partial charge in [-0.1, -0.05) is 15.9 Å². The molecule has 0 saturated carbocycles. The minimum Gasteiger partial charge on any atom is -0.431 e. The maximum atomic E-state index is 5.67. The summed E-state index contributed by atoms with van der Waals surface area (Å²) in [5, 5.41) is 6.86. The molecule has 0 fully saturated rings. The van der Waals surface area contributed by atoms with E-state index in [0.29, 0.717) is 21.9 Å². The normalized spacial score (nSPS) is 10.7. The summed E-state index contributed by atoms with van der Waals surface area (Å²) in [6.07, 6.45) is 1.64. The van der Waals surface area contributed by atoms with E-state index in [1.54, 1.807) is 16.5 Å². The first kappa shape index (κ1) is 16.7. The molecule has 0 bridgehead atoms. The number of thiazole rings is 1. The van der Waals surface area contributed by atoms with Crippen molar-refractivity contribution in [3.8, 4) is 5.75 Å². The molecule has 6 nitrogen and oxygen atoms in total. The molecule has 0 unspecified atom stereocenters. The molecule has 3 N–H and O–H groups in total. The smallest absolute Gasteiger partial charge is 0.264 e. The van der Waals surface area contributed by atoms with Gasteiger partial charge in [0, 0.05) is 29.5 Å². The van der Waals surface area contributed by atoms with Crippen molar-refractivity contribution in [1.29, 1.82) is 0 Å². The molecule has 0 aliphatic heterocycles. The van der Waals surface area contributed by atoms with Crippen LogP contribution in [0.3, 0.4) is 0 Å². The molecule has 116 valence electrons. The van der Waals surface area contributed by atoms with Crippen LogP contribution in [0.5, 0.6) is 5.75 Å². The van der Waals surface area contributed by atoms with Gasteiger partial charge in [-0.15, -0.1) is 11.3 Å². The molecule has 0 aliphatic rings. The third kappa shape index (κ3) is 4.65. The van der Waals surface area contributed by atoms with Crippen LogP contribution in [0.1, 0.15) is 5.56 Å². The molecule has 0 radical (unpaired) electrons. The number of halogens is 1. The van der Waals surface area contributed by atoms with Crippen LogP contribution in [0.25, 0.3) is 0 Å². The molecule has 0 amide bonds. The van der Waals surface area contributed by atoms with Crippen LogP contribution < -0.4 is 15.9 Å². The topological polar surface area (TPSA) is 75.8 Å². The fourth-order valence-corrected chi connectivity index (χ4v) is 2.36. The molecule has 1 heterocycles. The quantitative estimate of drug-likeness (QED) is 0.467. The highest BCUT2D eigenvalue weighted by atomic mass is 79.9. The lowest BCUT2D eigenvalue weighted by Gasteiger charge is -2.15. The van der Waals surface area contributed by atoms with E-state index in [9.17, 15) is 0 Å². The second-order valence-corrected chi connectivity index (χ2v) is 6.52. The summed E-state index contributed by atoms with van der Waals surface area (Å²) in [5.41, 5.74) is 9.15. The monoisotopic (exact) mass is 399 g/mol. The fraction of sp³-hybridized carbons (Fsp3) is 0.154. The van der Waals surface area contributed by atoms with Gasteiger partial charge in [0.15, 0.2) is 0 Å².